The highest BCUT2D eigenvalue weighted by molar-refractivity contribution is 6.09. The van der Waals surface area contributed by atoms with Gasteiger partial charge in [0.2, 0.25) is 0 Å². The van der Waals surface area contributed by atoms with Crippen LogP contribution in [-0.2, 0) is 11.8 Å². The number of nitrogens with one attached hydrogen (secondary N) is 1. The first-order chi connectivity index (χ1) is 17.9. The predicted octanol–water partition coefficient (Wildman–Crippen LogP) is 5.90. The van der Waals surface area contributed by atoms with Crippen LogP contribution in [0.1, 0.15) is 12.5 Å². The molecule has 6 rings (SSSR count). The summed E-state index contributed by atoms with van der Waals surface area (Å²) in [6, 6.07) is 17.6. The van der Waals surface area contributed by atoms with Crippen molar-refractivity contribution in [2.75, 3.05) is 16.8 Å². The third-order valence-electron chi connectivity index (χ3n) is 6.86. The van der Waals surface area contributed by atoms with Gasteiger partial charge in [-0.1, -0.05) is 13.5 Å². The maximum Gasteiger partial charge on any atom is 0.253 e. The van der Waals surface area contributed by atoms with Crippen molar-refractivity contribution in [2.45, 2.75) is 13.8 Å². The average molecular weight is 491 g/mol. The molecule has 0 bridgehead atoms. The van der Waals surface area contributed by atoms with Gasteiger partial charge in [0.05, 0.1) is 22.9 Å². The zero-order valence-corrected chi connectivity index (χ0v) is 20.9. The summed E-state index contributed by atoms with van der Waals surface area (Å²) in [7, 11) is 1.97. The van der Waals surface area contributed by atoms with E-state index in [1.54, 1.807) is 11.2 Å². The number of imidazole rings is 1. The van der Waals surface area contributed by atoms with E-state index in [4.69, 9.17) is 4.74 Å². The number of rotatable bonds is 5. The normalized spacial score (nSPS) is 15.6. The Bertz CT molecular complexity index is 1710. The molecule has 1 N–H and O–H groups in total. The van der Waals surface area contributed by atoms with E-state index in [-0.39, 0.29) is 11.8 Å². The first-order valence-electron chi connectivity index (χ1n) is 12.1. The summed E-state index contributed by atoms with van der Waals surface area (Å²) in [5, 5.41) is 4.24. The molecule has 1 aliphatic rings. The van der Waals surface area contributed by atoms with E-state index in [0.717, 1.165) is 50.4 Å². The molecular formula is C29H26N6O2. The van der Waals surface area contributed by atoms with Crippen molar-refractivity contribution in [1.29, 1.82) is 0 Å². The van der Waals surface area contributed by atoms with Gasteiger partial charge in [0, 0.05) is 47.9 Å². The standard InChI is InChI=1S/C29H26N6O2/c1-17-11-20(5-10-27(17)37-22-7-9-26-25(13-22)32-16-34(26)4)33-28-23-12-21(6-8-24(23)30-15-31-28)35-14-18(2)19(3)29(35)36/h5-13,15-16,18H,3,14H2,1-2,4H3,(H,30,31,33)/t18-/m0/s1. The van der Waals surface area contributed by atoms with Crippen molar-refractivity contribution in [1.82, 2.24) is 19.5 Å². The van der Waals surface area contributed by atoms with Crippen molar-refractivity contribution < 1.29 is 9.53 Å². The van der Waals surface area contributed by atoms with E-state index in [0.29, 0.717) is 17.9 Å². The number of amides is 1. The van der Waals surface area contributed by atoms with Crippen molar-refractivity contribution in [2.24, 2.45) is 13.0 Å². The van der Waals surface area contributed by atoms with Crippen LogP contribution >= 0.6 is 0 Å². The van der Waals surface area contributed by atoms with Gasteiger partial charge in [-0.3, -0.25) is 4.79 Å². The fourth-order valence-corrected chi connectivity index (χ4v) is 4.67. The molecule has 8 heteroatoms. The molecule has 0 aliphatic carbocycles. The molecular weight excluding hydrogens is 464 g/mol. The Balaban J connectivity index is 1.26. The lowest BCUT2D eigenvalue weighted by molar-refractivity contribution is -0.114. The van der Waals surface area contributed by atoms with Crippen LogP contribution in [0.2, 0.25) is 0 Å². The van der Waals surface area contributed by atoms with Gasteiger partial charge in [-0.15, -0.1) is 0 Å². The lowest BCUT2D eigenvalue weighted by Crippen LogP contribution is -2.24. The summed E-state index contributed by atoms with van der Waals surface area (Å²) >= 11 is 0. The number of carbonyl (C=O) groups excluding carboxylic acids is 1. The third-order valence-corrected chi connectivity index (χ3v) is 6.86. The van der Waals surface area contributed by atoms with Crippen LogP contribution in [0.4, 0.5) is 17.2 Å². The Morgan fingerprint density at radius 2 is 1.89 bits per heavy atom. The Labute approximate surface area is 214 Å². The van der Waals surface area contributed by atoms with E-state index < -0.39 is 0 Å². The number of hydrogen-bond acceptors (Lipinski definition) is 6. The van der Waals surface area contributed by atoms with Crippen molar-refractivity contribution in [3.8, 4) is 11.5 Å². The van der Waals surface area contributed by atoms with E-state index in [1.807, 2.05) is 80.1 Å². The zero-order valence-electron chi connectivity index (χ0n) is 20.9. The molecule has 2 aromatic heterocycles. The van der Waals surface area contributed by atoms with Crippen LogP contribution in [0, 0.1) is 12.8 Å². The number of anilines is 3. The van der Waals surface area contributed by atoms with E-state index >= 15 is 0 Å². The zero-order chi connectivity index (χ0) is 25.7. The van der Waals surface area contributed by atoms with Gasteiger partial charge < -0.3 is 19.5 Å². The van der Waals surface area contributed by atoms with E-state index in [2.05, 4.69) is 26.8 Å². The summed E-state index contributed by atoms with van der Waals surface area (Å²) < 4.78 is 8.13. The molecule has 37 heavy (non-hydrogen) atoms. The summed E-state index contributed by atoms with van der Waals surface area (Å²) in [5.41, 5.74) is 6.03. The molecule has 8 nitrogen and oxygen atoms in total. The molecule has 0 radical (unpaired) electrons. The van der Waals surface area contributed by atoms with Crippen LogP contribution in [-0.4, -0.2) is 32.0 Å². The molecule has 0 unspecified atom stereocenters. The van der Waals surface area contributed by atoms with Crippen LogP contribution in [0.15, 0.2) is 79.4 Å². The molecule has 0 spiro atoms. The quantitative estimate of drug-likeness (QED) is 0.309. The first-order valence-corrected chi connectivity index (χ1v) is 12.1. The maximum atomic E-state index is 12.7. The largest absolute Gasteiger partial charge is 0.457 e. The number of ether oxygens (including phenoxy) is 1. The number of carbonyl (C=O) groups is 1. The Kier molecular flexibility index (Phi) is 5.37. The summed E-state index contributed by atoms with van der Waals surface area (Å²) in [6.45, 7) is 8.58. The molecule has 3 aromatic carbocycles. The minimum Gasteiger partial charge on any atom is -0.457 e. The minimum absolute atomic E-state index is 0.0355. The first kappa shape index (κ1) is 22.7. The topological polar surface area (TPSA) is 85.2 Å². The monoisotopic (exact) mass is 490 g/mol. The lowest BCUT2D eigenvalue weighted by Gasteiger charge is -2.17. The number of aromatic nitrogens is 4. The number of fused-ring (bicyclic) bond motifs is 2. The van der Waals surface area contributed by atoms with Crippen molar-refractivity contribution in [3.05, 3.63) is 85.0 Å². The van der Waals surface area contributed by atoms with Crippen LogP contribution in [0.3, 0.4) is 0 Å². The average Bonchev–Trinajstić information content (AvgIpc) is 3.39. The van der Waals surface area contributed by atoms with Gasteiger partial charge in [0.25, 0.3) is 5.91 Å². The molecule has 1 fully saturated rings. The Morgan fingerprint density at radius 1 is 1.03 bits per heavy atom. The SMILES string of the molecule is C=C1C(=O)N(c2ccc3ncnc(Nc4ccc(Oc5ccc6c(c5)ncn6C)c(C)c4)c3c2)C[C@@H]1C. The lowest BCUT2D eigenvalue weighted by atomic mass is 10.1. The van der Waals surface area contributed by atoms with Crippen LogP contribution in [0.25, 0.3) is 21.9 Å². The Hall–Kier alpha value is -4.72. The second-order valence-electron chi connectivity index (χ2n) is 9.48. The van der Waals surface area contributed by atoms with Crippen molar-refractivity contribution >= 4 is 45.0 Å². The molecule has 1 atom stereocenters. The smallest absolute Gasteiger partial charge is 0.253 e. The fourth-order valence-electron chi connectivity index (χ4n) is 4.67. The molecule has 3 heterocycles. The highest BCUT2D eigenvalue weighted by Gasteiger charge is 2.31. The number of aryl methyl sites for hydroxylation is 2. The van der Waals surface area contributed by atoms with Crippen LogP contribution in [0.5, 0.6) is 11.5 Å². The Morgan fingerprint density at radius 3 is 2.68 bits per heavy atom. The second-order valence-corrected chi connectivity index (χ2v) is 9.48. The summed E-state index contributed by atoms with van der Waals surface area (Å²) in [6.07, 6.45) is 3.33. The van der Waals surface area contributed by atoms with E-state index in [9.17, 15) is 4.79 Å². The predicted molar refractivity (Wildman–Crippen MR) is 145 cm³/mol. The van der Waals surface area contributed by atoms with Crippen LogP contribution < -0.4 is 15.0 Å². The summed E-state index contributed by atoms with van der Waals surface area (Å²) in [5.74, 6) is 2.25. The molecule has 1 amide bonds. The third kappa shape index (κ3) is 4.06. The summed E-state index contributed by atoms with van der Waals surface area (Å²) in [4.78, 5) is 27.7. The van der Waals surface area contributed by atoms with Crippen molar-refractivity contribution in [3.63, 3.8) is 0 Å². The molecule has 0 saturated carbocycles. The number of nitrogens with zero attached hydrogens (tertiary/aromatic N) is 5. The highest BCUT2D eigenvalue weighted by atomic mass is 16.5. The maximum absolute atomic E-state index is 12.7. The van der Waals surface area contributed by atoms with Gasteiger partial charge >= 0.3 is 0 Å². The van der Waals surface area contributed by atoms with Gasteiger partial charge in [-0.05, 0) is 61.0 Å². The van der Waals surface area contributed by atoms with E-state index in [1.165, 1.54) is 6.33 Å². The minimum atomic E-state index is -0.0355. The van der Waals surface area contributed by atoms with Gasteiger partial charge in [0.1, 0.15) is 23.6 Å². The van der Waals surface area contributed by atoms with Gasteiger partial charge in [-0.2, -0.15) is 0 Å². The number of benzene rings is 3. The van der Waals surface area contributed by atoms with Gasteiger partial charge in [0.15, 0.2) is 0 Å². The highest BCUT2D eigenvalue weighted by Crippen LogP contribution is 2.34. The van der Waals surface area contributed by atoms with Gasteiger partial charge in [-0.25, -0.2) is 15.0 Å². The molecule has 1 saturated heterocycles. The molecule has 184 valence electrons. The fraction of sp³-hybridized carbons (Fsp3) is 0.172. The molecule has 5 aromatic rings. The molecule has 1 aliphatic heterocycles. The second kappa shape index (κ2) is 8.74. The number of hydrogen-bond donors (Lipinski definition) is 1.